The van der Waals surface area contributed by atoms with Crippen molar-refractivity contribution in [3.63, 3.8) is 0 Å². The molecule has 0 aliphatic heterocycles. The van der Waals surface area contributed by atoms with E-state index in [-0.39, 0.29) is 0 Å². The number of aliphatic hydroxyl groups is 1. The Hall–Kier alpha value is -0.740. The fourth-order valence-corrected chi connectivity index (χ4v) is 1.12. The Bertz CT molecular complexity index is 176. The van der Waals surface area contributed by atoms with Gasteiger partial charge in [-0.15, -0.1) is 6.42 Å². The summed E-state index contributed by atoms with van der Waals surface area (Å²) >= 11 is 0. The Morgan fingerprint density at radius 1 is 1.73 bits per heavy atom. The molecule has 0 aliphatic carbocycles. The summed E-state index contributed by atoms with van der Waals surface area (Å²) < 4.78 is 0. The fraction of sp³-hybridized carbons (Fsp3) is 0.600. The molecule has 0 radical (unpaired) electrons. The lowest BCUT2D eigenvalue weighted by molar-refractivity contribution is 0.0915. The summed E-state index contributed by atoms with van der Waals surface area (Å²) in [6, 6.07) is 0. The van der Waals surface area contributed by atoms with Crippen molar-refractivity contribution in [2.45, 2.75) is 38.7 Å². The highest BCUT2D eigenvalue weighted by Crippen LogP contribution is 2.19. The second-order valence-corrected chi connectivity index (χ2v) is 3.06. The van der Waals surface area contributed by atoms with Crippen molar-refractivity contribution >= 4 is 0 Å². The van der Waals surface area contributed by atoms with E-state index in [1.165, 1.54) is 0 Å². The summed E-state index contributed by atoms with van der Waals surface area (Å²) in [7, 11) is 0. The largest absolute Gasteiger partial charge is 0.377 e. The van der Waals surface area contributed by atoms with Crippen LogP contribution in [-0.4, -0.2) is 10.7 Å². The quantitative estimate of drug-likeness (QED) is 0.483. The molecule has 0 fully saturated rings. The molecule has 0 saturated carbocycles. The van der Waals surface area contributed by atoms with Crippen molar-refractivity contribution in [1.82, 2.24) is 0 Å². The first-order valence-electron chi connectivity index (χ1n) is 3.88. The standard InChI is InChI=1S/C10H16O/c1-5-7-10(11,6-2)8-9(3)4/h2,11H,3,5,7-8H2,1,4H3. The summed E-state index contributed by atoms with van der Waals surface area (Å²) in [5.74, 6) is 2.41. The fourth-order valence-electron chi connectivity index (χ4n) is 1.12. The maximum absolute atomic E-state index is 9.69. The zero-order valence-electron chi connectivity index (χ0n) is 7.35. The van der Waals surface area contributed by atoms with Crippen LogP contribution in [0.1, 0.15) is 33.1 Å². The van der Waals surface area contributed by atoms with Gasteiger partial charge < -0.3 is 5.11 Å². The second-order valence-electron chi connectivity index (χ2n) is 3.06. The van der Waals surface area contributed by atoms with Crippen molar-refractivity contribution in [2.75, 3.05) is 0 Å². The van der Waals surface area contributed by atoms with Crippen LogP contribution in [0.4, 0.5) is 0 Å². The normalized spacial score (nSPS) is 15.1. The summed E-state index contributed by atoms with van der Waals surface area (Å²) in [4.78, 5) is 0. The van der Waals surface area contributed by atoms with Gasteiger partial charge in [0.2, 0.25) is 0 Å². The minimum Gasteiger partial charge on any atom is -0.377 e. The molecule has 1 nitrogen and oxygen atoms in total. The lowest BCUT2D eigenvalue weighted by Crippen LogP contribution is -2.26. The van der Waals surface area contributed by atoms with E-state index in [0.717, 1.165) is 12.0 Å². The van der Waals surface area contributed by atoms with E-state index in [0.29, 0.717) is 12.8 Å². The third kappa shape index (κ3) is 3.85. The van der Waals surface area contributed by atoms with Crippen molar-refractivity contribution in [2.24, 2.45) is 0 Å². The third-order valence-corrected chi connectivity index (χ3v) is 1.53. The van der Waals surface area contributed by atoms with Crippen LogP contribution < -0.4 is 0 Å². The maximum Gasteiger partial charge on any atom is 0.128 e. The molecule has 0 amide bonds. The first-order chi connectivity index (χ1) is 5.04. The van der Waals surface area contributed by atoms with Gasteiger partial charge in [0, 0.05) is 6.42 Å². The molecule has 0 bridgehead atoms. The molecule has 0 aliphatic rings. The molecule has 0 aromatic heterocycles. The van der Waals surface area contributed by atoms with Crippen LogP contribution in [0, 0.1) is 12.3 Å². The van der Waals surface area contributed by atoms with E-state index in [2.05, 4.69) is 12.5 Å². The maximum atomic E-state index is 9.69. The number of rotatable bonds is 4. The molecule has 1 unspecified atom stereocenters. The summed E-state index contributed by atoms with van der Waals surface area (Å²) in [6.07, 6.45) is 7.26. The average Bonchev–Trinajstić information content (AvgIpc) is 1.87. The predicted octanol–water partition coefficient (Wildman–Crippen LogP) is 2.12. The lowest BCUT2D eigenvalue weighted by atomic mass is 9.92. The van der Waals surface area contributed by atoms with Crippen LogP contribution in [0.3, 0.4) is 0 Å². The number of terminal acetylenes is 1. The summed E-state index contributed by atoms with van der Waals surface area (Å²) in [5, 5.41) is 9.69. The Morgan fingerprint density at radius 2 is 2.27 bits per heavy atom. The molecule has 0 aromatic carbocycles. The van der Waals surface area contributed by atoms with Crippen LogP contribution >= 0.6 is 0 Å². The van der Waals surface area contributed by atoms with Crippen LogP contribution in [0.5, 0.6) is 0 Å². The topological polar surface area (TPSA) is 20.2 Å². The Morgan fingerprint density at radius 3 is 2.55 bits per heavy atom. The van der Waals surface area contributed by atoms with E-state index < -0.39 is 5.60 Å². The first kappa shape index (κ1) is 10.3. The molecule has 0 heterocycles. The third-order valence-electron chi connectivity index (χ3n) is 1.53. The zero-order chi connectivity index (χ0) is 8.91. The van der Waals surface area contributed by atoms with Crippen molar-refractivity contribution < 1.29 is 5.11 Å². The molecule has 0 aromatic rings. The second kappa shape index (κ2) is 4.20. The van der Waals surface area contributed by atoms with Gasteiger partial charge in [-0.2, -0.15) is 0 Å². The first-order valence-corrected chi connectivity index (χ1v) is 3.88. The van der Waals surface area contributed by atoms with Gasteiger partial charge in [0.1, 0.15) is 5.60 Å². The van der Waals surface area contributed by atoms with Gasteiger partial charge in [0.15, 0.2) is 0 Å². The van der Waals surface area contributed by atoms with Crippen molar-refractivity contribution in [1.29, 1.82) is 0 Å². The molecule has 1 atom stereocenters. The molecule has 0 saturated heterocycles. The van der Waals surface area contributed by atoms with Gasteiger partial charge >= 0.3 is 0 Å². The van der Waals surface area contributed by atoms with Gasteiger partial charge in [-0.1, -0.05) is 31.4 Å². The van der Waals surface area contributed by atoms with E-state index in [9.17, 15) is 5.11 Å². The highest BCUT2D eigenvalue weighted by molar-refractivity contribution is 5.13. The van der Waals surface area contributed by atoms with Gasteiger partial charge in [0.05, 0.1) is 0 Å². The molecular weight excluding hydrogens is 136 g/mol. The SMILES string of the molecule is C#CC(O)(CCC)CC(=C)C. The predicted molar refractivity (Wildman–Crippen MR) is 48.1 cm³/mol. The molecule has 1 N–H and O–H groups in total. The van der Waals surface area contributed by atoms with Crippen molar-refractivity contribution in [3.8, 4) is 12.3 Å². The van der Waals surface area contributed by atoms with E-state index >= 15 is 0 Å². The average molecular weight is 152 g/mol. The minimum atomic E-state index is -0.958. The molecule has 11 heavy (non-hydrogen) atoms. The summed E-state index contributed by atoms with van der Waals surface area (Å²) in [5.41, 5.74) is -0.0282. The Balaban J connectivity index is 4.13. The molecular formula is C10H16O. The molecule has 0 spiro atoms. The van der Waals surface area contributed by atoms with Gasteiger partial charge in [0.25, 0.3) is 0 Å². The van der Waals surface area contributed by atoms with E-state index in [4.69, 9.17) is 6.42 Å². The molecule has 62 valence electrons. The molecule has 1 heteroatoms. The Kier molecular flexibility index (Phi) is 3.92. The zero-order valence-corrected chi connectivity index (χ0v) is 7.35. The van der Waals surface area contributed by atoms with E-state index in [1.54, 1.807) is 0 Å². The van der Waals surface area contributed by atoms with Gasteiger partial charge in [-0.3, -0.25) is 0 Å². The smallest absolute Gasteiger partial charge is 0.128 e. The van der Waals surface area contributed by atoms with E-state index in [1.807, 2.05) is 13.8 Å². The lowest BCUT2D eigenvalue weighted by Gasteiger charge is -2.21. The van der Waals surface area contributed by atoms with Crippen LogP contribution in [0.2, 0.25) is 0 Å². The van der Waals surface area contributed by atoms with Crippen LogP contribution in [0.15, 0.2) is 12.2 Å². The van der Waals surface area contributed by atoms with Crippen LogP contribution in [0.25, 0.3) is 0 Å². The van der Waals surface area contributed by atoms with Gasteiger partial charge in [-0.05, 0) is 13.3 Å². The Labute approximate surface area is 69.1 Å². The number of hydrogen-bond donors (Lipinski definition) is 1. The number of hydrogen-bond acceptors (Lipinski definition) is 1. The molecule has 0 rings (SSSR count). The highest BCUT2D eigenvalue weighted by atomic mass is 16.3. The summed E-state index contributed by atoms with van der Waals surface area (Å²) in [6.45, 7) is 7.59. The van der Waals surface area contributed by atoms with Crippen LogP contribution in [-0.2, 0) is 0 Å². The monoisotopic (exact) mass is 152 g/mol. The van der Waals surface area contributed by atoms with Gasteiger partial charge in [-0.25, -0.2) is 0 Å². The minimum absolute atomic E-state index is 0.511. The van der Waals surface area contributed by atoms with Crippen molar-refractivity contribution in [3.05, 3.63) is 12.2 Å². The highest BCUT2D eigenvalue weighted by Gasteiger charge is 2.21.